The highest BCUT2D eigenvalue weighted by Crippen LogP contribution is 2.40. The number of aromatic carboxylic acids is 2. The summed E-state index contributed by atoms with van der Waals surface area (Å²) < 4.78 is 42.0. The van der Waals surface area contributed by atoms with Crippen LogP contribution in [0.1, 0.15) is 123 Å². The summed E-state index contributed by atoms with van der Waals surface area (Å²) in [5.41, 5.74) is 4.11. The van der Waals surface area contributed by atoms with Gasteiger partial charge in [-0.1, -0.05) is 95.0 Å². The lowest BCUT2D eigenvalue weighted by Crippen LogP contribution is -2.42. The van der Waals surface area contributed by atoms with Crippen LogP contribution in [0.25, 0.3) is 11.1 Å². The summed E-state index contributed by atoms with van der Waals surface area (Å²) in [6.45, 7) is 10.4. The third kappa shape index (κ3) is 21.4. The van der Waals surface area contributed by atoms with E-state index in [4.69, 9.17) is 79.6 Å². The van der Waals surface area contributed by atoms with E-state index in [0.717, 1.165) is 80.7 Å². The predicted molar refractivity (Wildman–Crippen MR) is 354 cm³/mol. The molecule has 0 saturated heterocycles. The van der Waals surface area contributed by atoms with Crippen LogP contribution >= 0.6 is 69.9 Å². The molecule has 2 aliphatic carbocycles. The van der Waals surface area contributed by atoms with E-state index in [-0.39, 0.29) is 67.0 Å². The maximum atomic E-state index is 13.1. The van der Waals surface area contributed by atoms with E-state index in [2.05, 4.69) is 36.6 Å². The highest BCUT2D eigenvalue weighted by molar-refractivity contribution is 7.99. The molecule has 0 aromatic heterocycles. The zero-order chi connectivity index (χ0) is 66.7. The molecule has 0 heterocycles. The molecular weight excluding hydrogens is 1300 g/mol. The Hall–Kier alpha value is -6.24. The number of carboxylic acid groups (broad SMARTS) is 4. The highest BCUT2D eigenvalue weighted by atomic mass is 35.5. The molecule has 19 nitrogen and oxygen atoms in total. The van der Waals surface area contributed by atoms with Crippen molar-refractivity contribution in [3.8, 4) is 5.75 Å². The fraction of sp³-hybridized carbons (Fsp3) is 0.424. The minimum atomic E-state index is -1.35. The maximum absolute atomic E-state index is 13.1. The zero-order valence-corrected chi connectivity index (χ0v) is 56.4. The standard InChI is InChI=1S/C66H76Cl4N2O17S2/c1-65(2,89-20-22-91-34-39-23-45(33-83-5)55(52(26-39)84-6)41-13-9-37(10-14-41)24-50(63(79)80)71-59(73)57-46(67)29-43(61(75)76)30-47(57)68)17-18-88-66(3,4)36-87-19-21-90-35-40-27-53(85-7)56(54(28-40)86-8)42-15-11-38(12-16-42)25-51(64(81)82)72-60(74)58-48(69)31-44(62(77)78)32-49(58)70/h9,11-16,23,26-27,29-32,37,40,50-51H,10,17-22,24-25,28,33-36H2,1-8H3,(H,71,73)(H,72,74)(H,75,76)(H,77,78)(H,79,80)(H,81,82)/t37?,40?,50-,51+/m0/s1. The zero-order valence-electron chi connectivity index (χ0n) is 51.7. The maximum Gasteiger partial charge on any atom is 0.335 e. The molecule has 2 amide bonds. The number of aliphatic carboxylic acids is 2. The number of nitrogens with one attached hydrogen (secondary N) is 2. The highest BCUT2D eigenvalue weighted by Gasteiger charge is 2.31. The Morgan fingerprint density at radius 3 is 1.78 bits per heavy atom. The quantitative estimate of drug-likeness (QED) is 0.0231. The van der Waals surface area contributed by atoms with Crippen LogP contribution in [0.4, 0.5) is 0 Å². The van der Waals surface area contributed by atoms with Crippen LogP contribution in [0.2, 0.25) is 20.1 Å². The molecule has 4 atom stereocenters. The van der Waals surface area contributed by atoms with Gasteiger partial charge in [0.05, 0.1) is 113 Å². The third-order valence-electron chi connectivity index (χ3n) is 14.9. The van der Waals surface area contributed by atoms with E-state index in [1.54, 1.807) is 64.1 Å². The number of carbonyl (C=O) groups is 6. The minimum absolute atomic E-state index is 0.0654. The summed E-state index contributed by atoms with van der Waals surface area (Å²) >= 11 is 28.2. The Bertz CT molecular complexity index is 3380. The number of rotatable bonds is 36. The number of halogens is 4. The predicted octanol–water partition coefficient (Wildman–Crippen LogP) is 13.1. The molecule has 2 unspecified atom stereocenters. The van der Waals surface area contributed by atoms with Crippen LogP contribution in [0, 0.1) is 11.8 Å². The van der Waals surface area contributed by atoms with E-state index in [0.29, 0.717) is 75.1 Å². The largest absolute Gasteiger partial charge is 0.500 e. The Balaban J connectivity index is 0.888. The van der Waals surface area contributed by atoms with Crippen molar-refractivity contribution >= 4 is 117 Å². The monoisotopic (exact) mass is 1370 g/mol. The lowest BCUT2D eigenvalue weighted by Gasteiger charge is -2.29. The molecule has 91 heavy (non-hydrogen) atoms. The van der Waals surface area contributed by atoms with Crippen LogP contribution in [0.3, 0.4) is 0 Å². The molecule has 0 aliphatic heterocycles. The summed E-state index contributed by atoms with van der Waals surface area (Å²) in [5, 5.41) is 42.7. The molecule has 0 saturated carbocycles. The van der Waals surface area contributed by atoms with Crippen LogP contribution in [-0.2, 0) is 56.8 Å². The Morgan fingerprint density at radius 2 is 1.25 bits per heavy atom. The van der Waals surface area contributed by atoms with Crippen molar-refractivity contribution in [2.45, 2.75) is 95.4 Å². The Labute approximate surface area is 558 Å². The lowest BCUT2D eigenvalue weighted by atomic mass is 9.86. The molecule has 6 N–H and O–H groups in total. The molecule has 492 valence electrons. The molecule has 25 heteroatoms. The van der Waals surface area contributed by atoms with Gasteiger partial charge in [-0.25, -0.2) is 19.2 Å². The van der Waals surface area contributed by atoms with Gasteiger partial charge < -0.3 is 64.2 Å². The van der Waals surface area contributed by atoms with Gasteiger partial charge in [0.1, 0.15) is 29.4 Å². The van der Waals surface area contributed by atoms with Crippen molar-refractivity contribution in [3.05, 3.63) is 167 Å². The van der Waals surface area contributed by atoms with Gasteiger partial charge in [0.2, 0.25) is 0 Å². The second-order valence-electron chi connectivity index (χ2n) is 22.7. The Kier molecular flexibility index (Phi) is 28.1. The van der Waals surface area contributed by atoms with Crippen LogP contribution in [-0.4, -0.2) is 152 Å². The number of carbonyl (C=O) groups excluding carboxylic acids is 2. The number of thioether (sulfide) groups is 2. The van der Waals surface area contributed by atoms with Gasteiger partial charge >= 0.3 is 23.9 Å². The van der Waals surface area contributed by atoms with Gasteiger partial charge in [-0.3, -0.25) is 9.59 Å². The van der Waals surface area contributed by atoms with Crippen molar-refractivity contribution < 1.29 is 82.4 Å². The van der Waals surface area contributed by atoms with Crippen molar-refractivity contribution in [2.24, 2.45) is 11.8 Å². The number of benzene rings is 4. The first-order chi connectivity index (χ1) is 43.2. The molecule has 0 fully saturated rings. The molecule has 4 aromatic rings. The topological polar surface area (TPSA) is 272 Å². The normalized spacial score (nSPS) is 15.7. The molecule has 4 aromatic carbocycles. The first-order valence-electron chi connectivity index (χ1n) is 28.9. The lowest BCUT2D eigenvalue weighted by molar-refractivity contribution is -0.140. The second kappa shape index (κ2) is 34.6. The van der Waals surface area contributed by atoms with Gasteiger partial charge in [-0.15, -0.1) is 0 Å². The third-order valence-corrected chi connectivity index (χ3v) is 18.2. The van der Waals surface area contributed by atoms with Gasteiger partial charge in [-0.2, -0.15) is 23.5 Å². The Morgan fingerprint density at radius 1 is 0.670 bits per heavy atom. The second-order valence-corrected chi connectivity index (χ2v) is 26.6. The molecule has 0 spiro atoms. The number of methoxy groups -OCH3 is 4. The minimum Gasteiger partial charge on any atom is -0.500 e. The number of ether oxygens (including phenoxy) is 7. The van der Waals surface area contributed by atoms with Crippen molar-refractivity contribution in [1.82, 2.24) is 10.6 Å². The number of allylic oxidation sites excluding steroid dienone is 7. The number of amides is 2. The van der Waals surface area contributed by atoms with E-state index in [1.165, 1.54) is 0 Å². The van der Waals surface area contributed by atoms with Crippen molar-refractivity contribution in [2.75, 3.05) is 72.1 Å². The van der Waals surface area contributed by atoms with E-state index in [9.17, 15) is 49.2 Å². The summed E-state index contributed by atoms with van der Waals surface area (Å²) in [5.74, 6) is -1.83. The van der Waals surface area contributed by atoms with Crippen LogP contribution < -0.4 is 15.4 Å². The van der Waals surface area contributed by atoms with Gasteiger partial charge in [-0.05, 0) is 123 Å². The molecule has 0 bridgehead atoms. The van der Waals surface area contributed by atoms with Crippen LogP contribution in [0.15, 0.2) is 96.5 Å². The summed E-state index contributed by atoms with van der Waals surface area (Å²) in [7, 11) is 6.47. The SMILES string of the molecule is COCc1cc(CSCCOC(C)(C)CCOC(C)(C)COCCSCC2C=C(OC)C(c3ccc(C[C@@H](NC(=O)c4c(Cl)cc(C(=O)O)cc4Cl)C(=O)O)cc3)=C(OC)C2)cc(OC)c1C1=CCC(C[C@H](NC(=O)c2c(Cl)cc(C(=O)O)cc2Cl)C(=O)O)C=C1. The van der Waals surface area contributed by atoms with E-state index < -0.39 is 59.0 Å². The van der Waals surface area contributed by atoms with Crippen molar-refractivity contribution in [3.63, 3.8) is 0 Å². The van der Waals surface area contributed by atoms with Crippen molar-refractivity contribution in [1.29, 1.82) is 0 Å². The fourth-order valence-corrected chi connectivity index (χ4v) is 13.2. The smallest absolute Gasteiger partial charge is 0.335 e. The first kappa shape index (κ1) is 73.8. The molecule has 0 radical (unpaired) electrons. The molecule has 6 rings (SSSR count). The van der Waals surface area contributed by atoms with Crippen LogP contribution in [0.5, 0.6) is 5.75 Å². The summed E-state index contributed by atoms with van der Waals surface area (Å²) in [4.78, 5) is 73.6. The molecule has 2 aliphatic rings. The van der Waals surface area contributed by atoms with E-state index in [1.807, 2.05) is 50.3 Å². The average molecular weight is 1380 g/mol. The summed E-state index contributed by atoms with van der Waals surface area (Å²) in [6, 6.07) is 13.0. The average Bonchev–Trinajstić information content (AvgIpc) is 0.904. The summed E-state index contributed by atoms with van der Waals surface area (Å²) in [6.07, 6.45) is 9.72. The van der Waals surface area contributed by atoms with E-state index >= 15 is 0 Å². The van der Waals surface area contributed by atoms with Gasteiger partial charge in [0.25, 0.3) is 11.8 Å². The number of hydrogen-bond acceptors (Lipinski definition) is 15. The number of hydrogen-bond donors (Lipinski definition) is 6. The van der Waals surface area contributed by atoms with Gasteiger partial charge in [0.15, 0.2) is 0 Å². The van der Waals surface area contributed by atoms with Gasteiger partial charge in [0, 0.05) is 48.5 Å². The first-order valence-corrected chi connectivity index (χ1v) is 32.7. The number of carboxylic acids is 4. The fourth-order valence-electron chi connectivity index (χ4n) is 10.2. The molecular formula is C66H76Cl4N2O17S2.